The summed E-state index contributed by atoms with van der Waals surface area (Å²) in [5.74, 6) is -0.500. The van der Waals surface area contributed by atoms with Gasteiger partial charge in [0.05, 0.1) is 28.6 Å². The number of hydrogen-bond donors (Lipinski definition) is 2. The molecule has 1 amide bonds. The van der Waals surface area contributed by atoms with Crippen LogP contribution in [-0.2, 0) is 24.7 Å². The summed E-state index contributed by atoms with van der Waals surface area (Å²) in [6.45, 7) is 7.71. The van der Waals surface area contributed by atoms with E-state index in [-0.39, 0.29) is 35.7 Å². The number of aromatic nitrogens is 2. The van der Waals surface area contributed by atoms with E-state index in [1.165, 1.54) is 12.3 Å². The number of benzene rings is 1. The lowest BCUT2D eigenvalue weighted by molar-refractivity contribution is -0.137. The van der Waals surface area contributed by atoms with Crippen molar-refractivity contribution in [2.75, 3.05) is 5.32 Å². The van der Waals surface area contributed by atoms with Crippen LogP contribution >= 0.6 is 12.4 Å². The maximum absolute atomic E-state index is 13.0. The number of anilines is 1. The highest BCUT2D eigenvalue weighted by Gasteiger charge is 2.31. The molecule has 2 aromatic rings. The fourth-order valence-electron chi connectivity index (χ4n) is 2.73. The third-order valence-corrected chi connectivity index (χ3v) is 3.90. The number of nitrogens with zero attached hydrogens (tertiary/aromatic N) is 2. The van der Waals surface area contributed by atoms with Crippen LogP contribution < -0.4 is 11.1 Å². The van der Waals surface area contributed by atoms with E-state index in [0.29, 0.717) is 12.0 Å². The molecule has 27 heavy (non-hydrogen) atoms. The van der Waals surface area contributed by atoms with E-state index in [4.69, 9.17) is 5.73 Å². The van der Waals surface area contributed by atoms with Crippen molar-refractivity contribution in [2.24, 2.45) is 5.73 Å². The van der Waals surface area contributed by atoms with Crippen molar-refractivity contribution in [2.45, 2.75) is 52.4 Å². The van der Waals surface area contributed by atoms with Crippen LogP contribution in [0.2, 0.25) is 0 Å². The molecule has 1 aromatic carbocycles. The Labute approximate surface area is 162 Å². The Balaban J connectivity index is 0.00000364. The van der Waals surface area contributed by atoms with Crippen molar-refractivity contribution in [3.05, 3.63) is 46.8 Å². The highest BCUT2D eigenvalue weighted by atomic mass is 35.5. The number of carbonyl (C=O) groups is 1. The summed E-state index contributed by atoms with van der Waals surface area (Å²) in [7, 11) is 0. The van der Waals surface area contributed by atoms with Gasteiger partial charge in [0, 0.05) is 12.2 Å². The molecule has 0 saturated carbocycles. The minimum Gasteiger partial charge on any atom is -0.326 e. The van der Waals surface area contributed by atoms with Gasteiger partial charge in [-0.2, -0.15) is 18.3 Å². The van der Waals surface area contributed by atoms with E-state index in [1.54, 1.807) is 4.68 Å². The number of hydrogen-bond acceptors (Lipinski definition) is 3. The number of nitrogens with two attached hydrogens (primary N) is 1. The number of nitrogens with one attached hydrogen (secondary N) is 1. The van der Waals surface area contributed by atoms with Gasteiger partial charge in [-0.05, 0) is 51.0 Å². The standard InChI is InChI=1S/C18H23F3N4O.ClH/c1-5-15-14(10-23-25(15)17(2,3)4)16(26)24-13-7-11(9-22)6-12(8-13)18(19,20)21;/h6-8,10H,5,9,22H2,1-4H3,(H,24,26);1H. The second kappa shape index (κ2) is 8.31. The molecule has 0 unspecified atom stereocenters. The average molecular weight is 405 g/mol. The van der Waals surface area contributed by atoms with Gasteiger partial charge in [-0.25, -0.2) is 0 Å². The smallest absolute Gasteiger partial charge is 0.326 e. The Morgan fingerprint density at radius 2 is 1.85 bits per heavy atom. The highest BCUT2D eigenvalue weighted by Crippen LogP contribution is 2.32. The quantitative estimate of drug-likeness (QED) is 0.795. The van der Waals surface area contributed by atoms with E-state index >= 15 is 0 Å². The van der Waals surface area contributed by atoms with Gasteiger partial charge < -0.3 is 11.1 Å². The van der Waals surface area contributed by atoms with Gasteiger partial charge in [0.25, 0.3) is 5.91 Å². The minimum atomic E-state index is -4.52. The molecule has 0 aliphatic rings. The van der Waals surface area contributed by atoms with Gasteiger partial charge in [0.15, 0.2) is 0 Å². The SMILES string of the molecule is CCc1c(C(=O)Nc2cc(CN)cc(C(F)(F)F)c2)cnn1C(C)(C)C.Cl. The van der Waals surface area contributed by atoms with Gasteiger partial charge in [-0.1, -0.05) is 6.92 Å². The Hall–Kier alpha value is -2.06. The number of rotatable bonds is 4. The first kappa shape index (κ1) is 23.0. The molecule has 0 bridgehead atoms. The molecule has 0 radical (unpaired) electrons. The van der Waals surface area contributed by atoms with E-state index < -0.39 is 17.6 Å². The summed E-state index contributed by atoms with van der Waals surface area (Å²) >= 11 is 0. The molecule has 2 rings (SSSR count). The third-order valence-electron chi connectivity index (χ3n) is 3.90. The Bertz CT molecular complexity index is 810. The second-order valence-electron chi connectivity index (χ2n) is 7.02. The Morgan fingerprint density at radius 3 is 2.33 bits per heavy atom. The molecule has 0 atom stereocenters. The van der Waals surface area contributed by atoms with Gasteiger partial charge in [-0.15, -0.1) is 12.4 Å². The summed E-state index contributed by atoms with van der Waals surface area (Å²) < 4.78 is 40.8. The zero-order valence-electron chi connectivity index (χ0n) is 15.6. The van der Waals surface area contributed by atoms with Crippen molar-refractivity contribution in [3.8, 4) is 0 Å². The van der Waals surface area contributed by atoms with Crippen molar-refractivity contribution in [1.29, 1.82) is 0 Å². The predicted octanol–water partition coefficient (Wildman–Crippen LogP) is 4.35. The van der Waals surface area contributed by atoms with E-state index in [9.17, 15) is 18.0 Å². The second-order valence-corrected chi connectivity index (χ2v) is 7.02. The van der Waals surface area contributed by atoms with Gasteiger partial charge in [0.2, 0.25) is 0 Å². The number of amides is 1. The van der Waals surface area contributed by atoms with E-state index in [1.807, 2.05) is 27.7 Å². The van der Waals surface area contributed by atoms with Crippen LogP contribution in [0.4, 0.5) is 18.9 Å². The molecular weight excluding hydrogens is 381 g/mol. The largest absolute Gasteiger partial charge is 0.416 e. The molecule has 3 N–H and O–H groups in total. The zero-order chi connectivity index (χ0) is 19.7. The van der Waals surface area contributed by atoms with Gasteiger partial charge in [-0.3, -0.25) is 9.48 Å². The highest BCUT2D eigenvalue weighted by molar-refractivity contribution is 6.05. The van der Waals surface area contributed by atoms with Crippen molar-refractivity contribution in [3.63, 3.8) is 0 Å². The number of halogens is 4. The van der Waals surface area contributed by atoms with Gasteiger partial charge >= 0.3 is 6.18 Å². The first-order valence-corrected chi connectivity index (χ1v) is 8.27. The van der Waals surface area contributed by atoms with Crippen LogP contribution in [-0.4, -0.2) is 15.7 Å². The van der Waals surface area contributed by atoms with Crippen LogP contribution in [0, 0.1) is 0 Å². The first-order chi connectivity index (χ1) is 12.0. The molecule has 1 aromatic heterocycles. The van der Waals surface area contributed by atoms with Crippen molar-refractivity contribution in [1.82, 2.24) is 9.78 Å². The first-order valence-electron chi connectivity index (χ1n) is 8.27. The normalized spacial score (nSPS) is 11.9. The molecule has 0 fully saturated rings. The molecule has 0 saturated heterocycles. The molecule has 5 nitrogen and oxygen atoms in total. The number of carbonyl (C=O) groups excluding carboxylic acids is 1. The summed E-state index contributed by atoms with van der Waals surface area (Å²) in [4.78, 5) is 12.6. The summed E-state index contributed by atoms with van der Waals surface area (Å²) in [6.07, 6.45) is -2.51. The average Bonchev–Trinajstić information content (AvgIpc) is 2.97. The lowest BCUT2D eigenvalue weighted by Crippen LogP contribution is -2.26. The summed E-state index contributed by atoms with van der Waals surface area (Å²) in [5.41, 5.74) is 5.72. The fourth-order valence-corrected chi connectivity index (χ4v) is 2.73. The maximum Gasteiger partial charge on any atom is 0.416 e. The zero-order valence-corrected chi connectivity index (χ0v) is 16.5. The molecule has 0 aliphatic carbocycles. The fraction of sp³-hybridized carbons (Fsp3) is 0.444. The monoisotopic (exact) mass is 404 g/mol. The molecular formula is C18H24ClF3N4O. The van der Waals surface area contributed by atoms with E-state index in [2.05, 4.69) is 10.4 Å². The van der Waals surface area contributed by atoms with Crippen LogP contribution in [0.25, 0.3) is 0 Å². The predicted molar refractivity (Wildman–Crippen MR) is 101 cm³/mol. The Morgan fingerprint density at radius 1 is 1.22 bits per heavy atom. The lowest BCUT2D eigenvalue weighted by Gasteiger charge is -2.22. The van der Waals surface area contributed by atoms with Crippen molar-refractivity contribution >= 4 is 24.0 Å². The topological polar surface area (TPSA) is 72.9 Å². The number of alkyl halides is 3. The lowest BCUT2D eigenvalue weighted by atomic mass is 10.1. The summed E-state index contributed by atoms with van der Waals surface area (Å²) in [5, 5.41) is 6.80. The minimum absolute atomic E-state index is 0. The molecule has 1 heterocycles. The van der Waals surface area contributed by atoms with Crippen molar-refractivity contribution < 1.29 is 18.0 Å². The van der Waals surface area contributed by atoms with Crippen LogP contribution in [0.1, 0.15) is 54.9 Å². The molecule has 9 heteroatoms. The summed E-state index contributed by atoms with van der Waals surface area (Å²) in [6, 6.07) is 3.31. The van der Waals surface area contributed by atoms with Crippen LogP contribution in [0.3, 0.4) is 0 Å². The van der Waals surface area contributed by atoms with E-state index in [0.717, 1.165) is 17.8 Å². The Kier molecular flexibility index (Phi) is 7.07. The van der Waals surface area contributed by atoms with Gasteiger partial charge in [0.1, 0.15) is 0 Å². The molecule has 150 valence electrons. The van der Waals surface area contributed by atoms with Crippen LogP contribution in [0.15, 0.2) is 24.4 Å². The molecule has 0 aliphatic heterocycles. The maximum atomic E-state index is 13.0. The molecule has 0 spiro atoms. The third kappa shape index (κ3) is 5.23. The van der Waals surface area contributed by atoms with Crippen LogP contribution in [0.5, 0.6) is 0 Å².